The van der Waals surface area contributed by atoms with Crippen molar-refractivity contribution in [2.45, 2.75) is 44.3 Å². The molecule has 1 aliphatic heterocycles. The van der Waals surface area contributed by atoms with Gasteiger partial charge in [-0.2, -0.15) is 0 Å². The van der Waals surface area contributed by atoms with Crippen LogP contribution in [-0.4, -0.2) is 24.0 Å². The lowest BCUT2D eigenvalue weighted by molar-refractivity contribution is 0.106. The standard InChI is InChI=1S/C14H22N2/c1-11-7-6-10-13(16(11)2)14(15)12-8-4-3-5-9-12/h3-5,8-9,11,13-14H,6-7,10,15H2,1-2H3. The van der Waals surface area contributed by atoms with Crippen molar-refractivity contribution in [3.8, 4) is 0 Å². The molecule has 1 fully saturated rings. The van der Waals surface area contributed by atoms with Crippen LogP contribution >= 0.6 is 0 Å². The Morgan fingerprint density at radius 3 is 2.62 bits per heavy atom. The van der Waals surface area contributed by atoms with Crippen molar-refractivity contribution in [1.29, 1.82) is 0 Å². The topological polar surface area (TPSA) is 29.3 Å². The maximum atomic E-state index is 6.38. The molecule has 0 spiro atoms. The molecule has 3 atom stereocenters. The van der Waals surface area contributed by atoms with Crippen LogP contribution < -0.4 is 5.73 Å². The fraction of sp³-hybridized carbons (Fsp3) is 0.571. The van der Waals surface area contributed by atoms with Gasteiger partial charge in [-0.15, -0.1) is 0 Å². The van der Waals surface area contributed by atoms with Crippen LogP contribution in [0.1, 0.15) is 37.8 Å². The van der Waals surface area contributed by atoms with Gasteiger partial charge in [-0.1, -0.05) is 36.8 Å². The number of nitrogens with zero attached hydrogens (tertiary/aromatic N) is 1. The van der Waals surface area contributed by atoms with E-state index in [-0.39, 0.29) is 6.04 Å². The maximum absolute atomic E-state index is 6.38. The minimum atomic E-state index is 0.147. The van der Waals surface area contributed by atoms with Crippen LogP contribution in [0.15, 0.2) is 30.3 Å². The summed E-state index contributed by atoms with van der Waals surface area (Å²) in [5.74, 6) is 0. The van der Waals surface area contributed by atoms with Crippen LogP contribution in [-0.2, 0) is 0 Å². The van der Waals surface area contributed by atoms with Gasteiger partial charge in [0.15, 0.2) is 0 Å². The second kappa shape index (κ2) is 4.98. The quantitative estimate of drug-likeness (QED) is 0.826. The Morgan fingerprint density at radius 2 is 1.94 bits per heavy atom. The molecule has 1 aromatic carbocycles. The van der Waals surface area contributed by atoms with Crippen LogP contribution in [0.3, 0.4) is 0 Å². The van der Waals surface area contributed by atoms with E-state index in [2.05, 4.69) is 43.1 Å². The van der Waals surface area contributed by atoms with Gasteiger partial charge < -0.3 is 5.73 Å². The molecule has 0 saturated carbocycles. The van der Waals surface area contributed by atoms with E-state index >= 15 is 0 Å². The Morgan fingerprint density at radius 1 is 1.25 bits per heavy atom. The molecule has 1 saturated heterocycles. The van der Waals surface area contributed by atoms with E-state index < -0.39 is 0 Å². The fourth-order valence-corrected chi connectivity index (χ4v) is 2.69. The molecule has 0 radical (unpaired) electrons. The molecule has 2 nitrogen and oxygen atoms in total. The Kier molecular flexibility index (Phi) is 3.62. The summed E-state index contributed by atoms with van der Waals surface area (Å²) in [6.07, 6.45) is 3.82. The Hall–Kier alpha value is -0.860. The van der Waals surface area contributed by atoms with Gasteiger partial charge in [-0.25, -0.2) is 0 Å². The number of likely N-dealkylation sites (tertiary alicyclic amines) is 1. The van der Waals surface area contributed by atoms with Gasteiger partial charge in [0.2, 0.25) is 0 Å². The summed E-state index contributed by atoms with van der Waals surface area (Å²) < 4.78 is 0. The van der Waals surface area contributed by atoms with Crippen LogP contribution in [0.25, 0.3) is 0 Å². The van der Waals surface area contributed by atoms with E-state index in [0.717, 1.165) is 0 Å². The second-order valence-electron chi connectivity index (χ2n) is 4.95. The molecule has 3 unspecified atom stereocenters. The average Bonchev–Trinajstić information content (AvgIpc) is 2.33. The zero-order valence-corrected chi connectivity index (χ0v) is 10.3. The third-order valence-electron chi connectivity index (χ3n) is 3.94. The minimum Gasteiger partial charge on any atom is -0.323 e. The molecular formula is C14H22N2. The number of likely N-dealkylation sites (N-methyl/N-ethyl adjacent to an activating group) is 1. The Bertz CT molecular complexity index is 323. The first kappa shape index (κ1) is 11.6. The Labute approximate surface area is 98.4 Å². The first-order valence-corrected chi connectivity index (χ1v) is 6.22. The van der Waals surface area contributed by atoms with Crippen molar-refractivity contribution in [2.75, 3.05) is 7.05 Å². The third-order valence-corrected chi connectivity index (χ3v) is 3.94. The van der Waals surface area contributed by atoms with Gasteiger partial charge in [0.1, 0.15) is 0 Å². The Balaban J connectivity index is 2.12. The summed E-state index contributed by atoms with van der Waals surface area (Å²) in [5.41, 5.74) is 7.64. The number of benzene rings is 1. The average molecular weight is 218 g/mol. The highest BCUT2D eigenvalue weighted by atomic mass is 15.2. The van der Waals surface area contributed by atoms with E-state index in [1.807, 2.05) is 6.07 Å². The molecule has 88 valence electrons. The summed E-state index contributed by atoms with van der Waals surface area (Å²) >= 11 is 0. The molecule has 2 rings (SSSR count). The van der Waals surface area contributed by atoms with Gasteiger partial charge in [0.25, 0.3) is 0 Å². The molecule has 0 aliphatic carbocycles. The summed E-state index contributed by atoms with van der Waals surface area (Å²) in [4.78, 5) is 2.45. The summed E-state index contributed by atoms with van der Waals surface area (Å²) in [6.45, 7) is 2.30. The van der Waals surface area contributed by atoms with Crippen molar-refractivity contribution < 1.29 is 0 Å². The van der Waals surface area contributed by atoms with E-state index in [1.165, 1.54) is 24.8 Å². The minimum absolute atomic E-state index is 0.147. The van der Waals surface area contributed by atoms with Crippen LogP contribution in [0.4, 0.5) is 0 Å². The summed E-state index contributed by atoms with van der Waals surface area (Å²) in [7, 11) is 2.21. The van der Waals surface area contributed by atoms with E-state index in [0.29, 0.717) is 12.1 Å². The lowest BCUT2D eigenvalue weighted by Crippen LogP contribution is -2.47. The molecule has 2 heteroatoms. The molecule has 2 N–H and O–H groups in total. The lowest BCUT2D eigenvalue weighted by Gasteiger charge is -2.41. The van der Waals surface area contributed by atoms with Gasteiger partial charge in [-0.05, 0) is 32.4 Å². The number of rotatable bonds is 2. The van der Waals surface area contributed by atoms with Crippen LogP contribution in [0.5, 0.6) is 0 Å². The monoisotopic (exact) mass is 218 g/mol. The molecule has 1 aromatic rings. The highest BCUT2D eigenvalue weighted by molar-refractivity contribution is 5.20. The van der Waals surface area contributed by atoms with Crippen molar-refractivity contribution in [1.82, 2.24) is 4.90 Å². The smallest absolute Gasteiger partial charge is 0.0453 e. The number of piperidine rings is 1. The zero-order valence-electron chi connectivity index (χ0n) is 10.3. The number of nitrogens with two attached hydrogens (primary N) is 1. The normalized spacial score (nSPS) is 28.9. The van der Waals surface area contributed by atoms with E-state index in [9.17, 15) is 0 Å². The van der Waals surface area contributed by atoms with E-state index in [1.54, 1.807) is 0 Å². The first-order valence-electron chi connectivity index (χ1n) is 6.22. The largest absolute Gasteiger partial charge is 0.323 e. The zero-order chi connectivity index (χ0) is 11.5. The highest BCUT2D eigenvalue weighted by Crippen LogP contribution is 2.28. The molecule has 1 aliphatic rings. The molecule has 16 heavy (non-hydrogen) atoms. The van der Waals surface area contributed by atoms with Gasteiger partial charge >= 0.3 is 0 Å². The lowest BCUT2D eigenvalue weighted by atomic mass is 9.89. The van der Waals surface area contributed by atoms with Gasteiger partial charge in [-0.3, -0.25) is 4.90 Å². The number of hydrogen-bond acceptors (Lipinski definition) is 2. The van der Waals surface area contributed by atoms with Crippen LogP contribution in [0.2, 0.25) is 0 Å². The van der Waals surface area contributed by atoms with Crippen LogP contribution in [0, 0.1) is 0 Å². The van der Waals surface area contributed by atoms with Crippen molar-refractivity contribution >= 4 is 0 Å². The second-order valence-corrected chi connectivity index (χ2v) is 4.95. The molecule has 0 bridgehead atoms. The highest BCUT2D eigenvalue weighted by Gasteiger charge is 2.29. The first-order chi connectivity index (χ1) is 7.70. The predicted molar refractivity (Wildman–Crippen MR) is 68.2 cm³/mol. The van der Waals surface area contributed by atoms with Gasteiger partial charge in [0.05, 0.1) is 0 Å². The number of hydrogen-bond donors (Lipinski definition) is 1. The third kappa shape index (κ3) is 2.28. The van der Waals surface area contributed by atoms with E-state index in [4.69, 9.17) is 5.73 Å². The van der Waals surface area contributed by atoms with Gasteiger partial charge in [0, 0.05) is 18.1 Å². The molecular weight excluding hydrogens is 196 g/mol. The maximum Gasteiger partial charge on any atom is 0.0453 e. The fourth-order valence-electron chi connectivity index (χ4n) is 2.69. The molecule has 0 aromatic heterocycles. The van der Waals surface area contributed by atoms with Crippen molar-refractivity contribution in [2.24, 2.45) is 5.73 Å². The molecule has 1 heterocycles. The SMILES string of the molecule is CC1CCCC(C(N)c2ccccc2)N1C. The summed E-state index contributed by atoms with van der Waals surface area (Å²) in [5, 5.41) is 0. The predicted octanol–water partition coefficient (Wildman–Crippen LogP) is 2.56. The van der Waals surface area contributed by atoms with Crippen molar-refractivity contribution in [3.05, 3.63) is 35.9 Å². The van der Waals surface area contributed by atoms with Crippen molar-refractivity contribution in [3.63, 3.8) is 0 Å². The summed E-state index contributed by atoms with van der Waals surface area (Å²) in [6, 6.07) is 11.8. The molecule has 0 amide bonds.